The van der Waals surface area contributed by atoms with E-state index in [0.29, 0.717) is 19.6 Å². The first-order valence-electron chi connectivity index (χ1n) is 11.3. The van der Waals surface area contributed by atoms with Gasteiger partial charge >= 0.3 is 6.09 Å². The molecule has 2 aliphatic heterocycles. The Morgan fingerprint density at radius 2 is 1.40 bits per heavy atom. The van der Waals surface area contributed by atoms with Crippen LogP contribution in [-0.4, -0.2) is 60.5 Å². The molecule has 0 aliphatic carbocycles. The minimum Gasteiger partial charge on any atom is -0.442 e. The number of carbonyl (C=O) groups excluding carboxylic acids is 1. The maximum Gasteiger partial charge on any atom is 0.414 e. The van der Waals surface area contributed by atoms with Gasteiger partial charge < -0.3 is 9.57 Å². The summed E-state index contributed by atoms with van der Waals surface area (Å²) in [6.07, 6.45) is 6.86. The summed E-state index contributed by atoms with van der Waals surface area (Å²) in [5.74, 6) is 0. The molecule has 0 saturated carbocycles. The molecule has 11 nitrogen and oxygen atoms in total. The van der Waals surface area contributed by atoms with E-state index in [1.54, 1.807) is 32.9 Å². The van der Waals surface area contributed by atoms with Gasteiger partial charge in [-0.05, 0) is 28.8 Å². The molecule has 0 bridgehead atoms. The van der Waals surface area contributed by atoms with Crippen LogP contribution in [0.2, 0.25) is 0 Å². The maximum absolute atomic E-state index is 12.4. The molecule has 176 valence electrons. The highest BCUT2D eigenvalue weighted by molar-refractivity contribution is 6.01. The van der Waals surface area contributed by atoms with E-state index in [2.05, 4.69) is 50.0 Å². The van der Waals surface area contributed by atoms with Gasteiger partial charge in [-0.25, -0.2) is 14.2 Å². The van der Waals surface area contributed by atoms with Crippen molar-refractivity contribution in [3.8, 4) is 11.1 Å². The van der Waals surface area contributed by atoms with Crippen LogP contribution in [0.25, 0.3) is 11.1 Å². The number of aromatic nitrogens is 6. The topological polar surface area (TPSA) is 113 Å². The molecule has 1 unspecified atom stereocenters. The highest BCUT2D eigenvalue weighted by Crippen LogP contribution is 2.27. The predicted molar refractivity (Wildman–Crippen MR) is 126 cm³/mol. The molecule has 0 spiro atoms. The quantitative estimate of drug-likeness (QED) is 0.408. The molecule has 2 aromatic carbocycles. The lowest BCUT2D eigenvalue weighted by atomic mass is 10.00. The molecule has 4 heterocycles. The number of rotatable bonds is 7. The first-order valence-corrected chi connectivity index (χ1v) is 11.3. The highest BCUT2D eigenvalue weighted by atomic mass is 16.6. The number of hydrogen-bond donors (Lipinski definition) is 0. The first kappa shape index (κ1) is 21.0. The molecule has 0 N–H and O–H groups in total. The fourth-order valence-electron chi connectivity index (χ4n) is 4.29. The summed E-state index contributed by atoms with van der Waals surface area (Å²) < 4.78 is 8.89. The van der Waals surface area contributed by atoms with E-state index in [0.717, 1.165) is 34.5 Å². The van der Waals surface area contributed by atoms with Crippen molar-refractivity contribution in [1.29, 1.82) is 0 Å². The second-order valence-electron chi connectivity index (χ2n) is 8.46. The third kappa shape index (κ3) is 4.47. The van der Waals surface area contributed by atoms with Crippen molar-refractivity contribution in [1.82, 2.24) is 30.0 Å². The fraction of sp³-hybridized carbons (Fsp3) is 0.250. The summed E-state index contributed by atoms with van der Waals surface area (Å²) >= 11 is 0. The van der Waals surface area contributed by atoms with Gasteiger partial charge in [-0.1, -0.05) is 52.0 Å². The van der Waals surface area contributed by atoms with Crippen LogP contribution < -0.4 is 4.90 Å². The van der Waals surface area contributed by atoms with Crippen molar-refractivity contribution in [2.45, 2.75) is 31.7 Å². The molecule has 6 rings (SSSR count). The predicted octanol–water partition coefficient (Wildman–Crippen LogP) is 2.76. The number of amides is 1. The van der Waals surface area contributed by atoms with Crippen LogP contribution in [-0.2, 0) is 22.7 Å². The normalized spacial score (nSPS) is 19.5. The Labute approximate surface area is 200 Å². The lowest BCUT2D eigenvalue weighted by molar-refractivity contribution is 0.0693. The Kier molecular flexibility index (Phi) is 5.41. The summed E-state index contributed by atoms with van der Waals surface area (Å²) in [6, 6.07) is 16.1. The van der Waals surface area contributed by atoms with Crippen molar-refractivity contribution in [2.75, 3.05) is 11.4 Å². The monoisotopic (exact) mass is 470 g/mol. The smallest absolute Gasteiger partial charge is 0.414 e. The Morgan fingerprint density at radius 1 is 0.800 bits per heavy atom. The van der Waals surface area contributed by atoms with Crippen LogP contribution in [0, 0.1) is 0 Å². The summed E-state index contributed by atoms with van der Waals surface area (Å²) in [5, 5.41) is 19.8. The zero-order valence-electron chi connectivity index (χ0n) is 18.7. The van der Waals surface area contributed by atoms with Crippen LogP contribution >= 0.6 is 0 Å². The minimum absolute atomic E-state index is 0.0491. The van der Waals surface area contributed by atoms with Gasteiger partial charge in [0, 0.05) is 24.5 Å². The molecular weight excluding hydrogens is 448 g/mol. The van der Waals surface area contributed by atoms with E-state index < -0.39 is 0 Å². The van der Waals surface area contributed by atoms with Crippen molar-refractivity contribution in [2.24, 2.45) is 5.16 Å². The van der Waals surface area contributed by atoms with Gasteiger partial charge in [-0.15, -0.1) is 10.2 Å². The summed E-state index contributed by atoms with van der Waals surface area (Å²) in [6.45, 7) is 1.56. The maximum atomic E-state index is 12.4. The largest absolute Gasteiger partial charge is 0.442 e. The van der Waals surface area contributed by atoms with Crippen molar-refractivity contribution in [3.63, 3.8) is 0 Å². The highest BCUT2D eigenvalue weighted by Gasteiger charge is 2.32. The van der Waals surface area contributed by atoms with Crippen LogP contribution in [0.5, 0.6) is 0 Å². The summed E-state index contributed by atoms with van der Waals surface area (Å²) in [7, 11) is 0. The Balaban J connectivity index is 1.08. The molecule has 0 radical (unpaired) electrons. The fourth-order valence-corrected chi connectivity index (χ4v) is 4.29. The van der Waals surface area contributed by atoms with E-state index in [4.69, 9.17) is 9.57 Å². The summed E-state index contributed by atoms with van der Waals surface area (Å²) in [5.41, 5.74) is 4.88. The van der Waals surface area contributed by atoms with Crippen molar-refractivity contribution < 1.29 is 14.4 Å². The zero-order chi connectivity index (χ0) is 23.6. The Bertz CT molecular complexity index is 1320. The van der Waals surface area contributed by atoms with Crippen LogP contribution in [0.15, 0.2) is 78.5 Å². The first-order chi connectivity index (χ1) is 17.2. The lowest BCUT2D eigenvalue weighted by Crippen LogP contribution is -2.26. The molecule has 4 aromatic rings. The van der Waals surface area contributed by atoms with E-state index in [1.807, 2.05) is 30.5 Å². The van der Waals surface area contributed by atoms with Crippen molar-refractivity contribution >= 4 is 17.5 Å². The van der Waals surface area contributed by atoms with Crippen LogP contribution in [0.1, 0.15) is 12.0 Å². The number of oxime groups is 1. The van der Waals surface area contributed by atoms with Gasteiger partial charge in [-0.3, -0.25) is 4.90 Å². The van der Waals surface area contributed by atoms with Gasteiger partial charge in [0.15, 0.2) is 6.10 Å². The van der Waals surface area contributed by atoms with Gasteiger partial charge in [0.2, 0.25) is 0 Å². The van der Waals surface area contributed by atoms with Crippen LogP contribution in [0.3, 0.4) is 0 Å². The number of hydrogen-bond acceptors (Lipinski definition) is 8. The molecule has 1 amide bonds. The van der Waals surface area contributed by atoms with Crippen molar-refractivity contribution in [3.05, 3.63) is 78.9 Å². The molecule has 2 aromatic heterocycles. The van der Waals surface area contributed by atoms with E-state index >= 15 is 0 Å². The standard InChI is InChI=1S/C24H22N8O3/c33-24-32(16-22(34-24)15-31-12-10-26-29-31)20-7-5-18(6-8-20)17-1-3-19(4-2-17)23-13-21(35-27-23)14-30-11-9-25-28-30/h1-12,21-22H,13-16H2/t21?,22-/m0/s1. The van der Waals surface area contributed by atoms with E-state index in [-0.39, 0.29) is 18.3 Å². The SMILES string of the molecule is O=C1O[C@@H](Cn2ccnn2)CN1c1ccc(-c2ccc(C3=NOC(Cn4ccnn4)C3)cc2)cc1. The lowest BCUT2D eigenvalue weighted by Gasteiger charge is -2.14. The number of ether oxygens (including phenoxy) is 1. The zero-order valence-corrected chi connectivity index (χ0v) is 18.7. The van der Waals surface area contributed by atoms with Gasteiger partial charge in [0.05, 0.1) is 37.7 Å². The third-order valence-electron chi connectivity index (χ3n) is 6.06. The molecule has 1 fully saturated rings. The molecular formula is C24H22N8O3. The molecule has 2 aliphatic rings. The number of anilines is 1. The molecule has 2 atom stereocenters. The second-order valence-corrected chi connectivity index (χ2v) is 8.46. The molecule has 1 saturated heterocycles. The summed E-state index contributed by atoms with van der Waals surface area (Å²) in [4.78, 5) is 19.6. The average molecular weight is 470 g/mol. The Morgan fingerprint density at radius 3 is 2.03 bits per heavy atom. The van der Waals surface area contributed by atoms with E-state index in [1.165, 1.54) is 0 Å². The molecule has 35 heavy (non-hydrogen) atoms. The van der Waals surface area contributed by atoms with Crippen LogP contribution in [0.4, 0.5) is 10.5 Å². The number of cyclic esters (lactones) is 1. The number of nitrogens with zero attached hydrogens (tertiary/aromatic N) is 8. The third-order valence-corrected chi connectivity index (χ3v) is 6.06. The average Bonchev–Trinajstić information content (AvgIpc) is 3.69. The number of benzene rings is 2. The molecule has 11 heteroatoms. The Hall–Kier alpha value is -4.54. The van der Waals surface area contributed by atoms with Gasteiger partial charge in [0.1, 0.15) is 6.10 Å². The van der Waals surface area contributed by atoms with Gasteiger partial charge in [0.25, 0.3) is 0 Å². The minimum atomic E-state index is -0.353. The number of carbonyl (C=O) groups is 1. The van der Waals surface area contributed by atoms with E-state index in [9.17, 15) is 4.79 Å². The second kappa shape index (κ2) is 9.01. The van der Waals surface area contributed by atoms with Gasteiger partial charge in [-0.2, -0.15) is 0 Å².